The minimum absolute atomic E-state index is 0.122. The minimum Gasteiger partial charge on any atom is -0.504 e. The van der Waals surface area contributed by atoms with E-state index in [1.807, 2.05) is 0 Å². The van der Waals surface area contributed by atoms with Crippen LogP contribution in [0.15, 0.2) is 75.7 Å². The molecule has 1 aliphatic carbocycles. The number of nitrogens with zero attached hydrogens (tertiary/aromatic N) is 1. The zero-order valence-corrected chi connectivity index (χ0v) is 26.3. The maximum Gasteiger partial charge on any atom is 0.268 e. The second-order valence-electron chi connectivity index (χ2n) is 12.5. The van der Waals surface area contributed by atoms with E-state index in [-0.39, 0.29) is 5.56 Å². The maximum absolute atomic E-state index is 12.3. The van der Waals surface area contributed by atoms with Crippen LogP contribution in [0, 0.1) is 0 Å². The largest absolute Gasteiger partial charge is 0.504 e. The Morgan fingerprint density at radius 2 is 1.58 bits per heavy atom. The lowest BCUT2D eigenvalue weighted by Gasteiger charge is -2.27. The molecule has 43 heavy (non-hydrogen) atoms. The molecule has 0 radical (unpaired) electrons. The van der Waals surface area contributed by atoms with E-state index in [0.29, 0.717) is 6.10 Å². The molecule has 1 aliphatic heterocycles. The van der Waals surface area contributed by atoms with E-state index in [9.17, 15) is 14.7 Å². The predicted molar refractivity (Wildman–Crippen MR) is 178 cm³/mol. The molecule has 3 aromatic rings. The Hall–Kier alpha value is -3.86. The predicted octanol–water partition coefficient (Wildman–Crippen LogP) is 8.64. The molecule has 0 bridgehead atoms. The number of ether oxygens (including phenoxy) is 1. The van der Waals surface area contributed by atoms with Crippen molar-refractivity contribution in [3.05, 3.63) is 103 Å². The van der Waals surface area contributed by atoms with Crippen LogP contribution in [0.3, 0.4) is 0 Å². The summed E-state index contributed by atoms with van der Waals surface area (Å²) in [6.45, 7) is 11.7. The fraction of sp³-hybridized carbons (Fsp3) is 0.421. The van der Waals surface area contributed by atoms with E-state index in [1.165, 1.54) is 23.1 Å². The molecule has 0 saturated heterocycles. The topological polar surface area (TPSA) is 66.8 Å². The second-order valence-corrected chi connectivity index (χ2v) is 12.5. The molecule has 0 aromatic heterocycles. The first-order valence-corrected chi connectivity index (χ1v) is 16.0. The summed E-state index contributed by atoms with van der Waals surface area (Å²) in [6, 6.07) is 15.4. The van der Waals surface area contributed by atoms with Gasteiger partial charge >= 0.3 is 0 Å². The van der Waals surface area contributed by atoms with Crippen LogP contribution in [0.5, 0.6) is 5.75 Å². The van der Waals surface area contributed by atoms with Crippen molar-refractivity contribution in [1.29, 1.82) is 0 Å². The van der Waals surface area contributed by atoms with Crippen molar-refractivity contribution in [2.45, 2.75) is 97.5 Å². The van der Waals surface area contributed by atoms with E-state index in [2.05, 4.69) is 94.1 Å². The van der Waals surface area contributed by atoms with Crippen LogP contribution >= 0.6 is 0 Å². The van der Waals surface area contributed by atoms with Gasteiger partial charge in [-0.05, 0) is 77.8 Å². The molecule has 1 heterocycles. The van der Waals surface area contributed by atoms with Crippen LogP contribution < -0.4 is 15.8 Å². The molecule has 0 saturated carbocycles. The van der Waals surface area contributed by atoms with Crippen LogP contribution in [0.1, 0.15) is 103 Å². The normalized spacial score (nSPS) is 17.0. The van der Waals surface area contributed by atoms with E-state index < -0.39 is 22.0 Å². The number of anilines is 1. The third-order valence-corrected chi connectivity index (χ3v) is 9.26. The van der Waals surface area contributed by atoms with Crippen LogP contribution in [-0.4, -0.2) is 17.8 Å². The highest BCUT2D eigenvalue weighted by Gasteiger charge is 2.41. The van der Waals surface area contributed by atoms with E-state index in [0.717, 1.165) is 79.8 Å². The Morgan fingerprint density at radius 1 is 0.884 bits per heavy atom. The molecule has 5 rings (SSSR count). The van der Waals surface area contributed by atoms with Crippen molar-refractivity contribution >= 4 is 17.3 Å². The van der Waals surface area contributed by atoms with Gasteiger partial charge in [-0.1, -0.05) is 90.3 Å². The molecule has 3 aromatic carbocycles. The molecule has 1 N–H and O–H groups in total. The smallest absolute Gasteiger partial charge is 0.268 e. The van der Waals surface area contributed by atoms with Crippen molar-refractivity contribution in [3.8, 4) is 16.9 Å². The van der Waals surface area contributed by atoms with Gasteiger partial charge in [-0.3, -0.25) is 9.59 Å². The molecule has 5 nitrogen and oxygen atoms in total. The van der Waals surface area contributed by atoms with Crippen molar-refractivity contribution in [3.63, 3.8) is 0 Å². The Labute approximate surface area is 255 Å². The number of rotatable bonds is 12. The van der Waals surface area contributed by atoms with Gasteiger partial charge in [-0.15, -0.1) is 0 Å². The van der Waals surface area contributed by atoms with Gasteiger partial charge in [0.05, 0.1) is 17.4 Å². The first-order chi connectivity index (χ1) is 20.7. The van der Waals surface area contributed by atoms with Crippen molar-refractivity contribution < 1.29 is 9.84 Å². The van der Waals surface area contributed by atoms with Crippen molar-refractivity contribution in [1.82, 2.24) is 0 Å². The number of benzene rings is 2. The summed E-state index contributed by atoms with van der Waals surface area (Å²) in [7, 11) is 0. The number of aromatic hydroxyl groups is 1. The van der Waals surface area contributed by atoms with Crippen LogP contribution in [0.4, 0.5) is 5.69 Å². The SMILES string of the molecule is CCCCCCN1/C(=C/c2c(O)c(=O)c2=O)C(C)(C)c2cc(-c3ccc(C4=CC=C(OC(CC)CC)CC4)cc3)ccc21. The lowest BCUT2D eigenvalue weighted by Crippen LogP contribution is -2.34. The fourth-order valence-electron chi connectivity index (χ4n) is 6.42. The highest BCUT2D eigenvalue weighted by molar-refractivity contribution is 5.81. The average molecular weight is 580 g/mol. The van der Waals surface area contributed by atoms with Crippen LogP contribution in [0.2, 0.25) is 0 Å². The summed E-state index contributed by atoms with van der Waals surface area (Å²) in [5.41, 5.74) is 6.41. The second kappa shape index (κ2) is 12.8. The Morgan fingerprint density at radius 3 is 2.21 bits per heavy atom. The molecule has 0 unspecified atom stereocenters. The van der Waals surface area contributed by atoms with Gasteiger partial charge in [0, 0.05) is 29.8 Å². The Balaban J connectivity index is 1.42. The zero-order valence-electron chi connectivity index (χ0n) is 26.3. The van der Waals surface area contributed by atoms with Crippen molar-refractivity contribution in [2.24, 2.45) is 0 Å². The number of hydrogen-bond donors (Lipinski definition) is 1. The Kier molecular flexibility index (Phi) is 9.10. The molecule has 0 amide bonds. The van der Waals surface area contributed by atoms with E-state index in [4.69, 9.17) is 4.74 Å². The molecule has 5 heteroatoms. The summed E-state index contributed by atoms with van der Waals surface area (Å²) in [6.07, 6.45) is 14.8. The summed E-state index contributed by atoms with van der Waals surface area (Å²) >= 11 is 0. The summed E-state index contributed by atoms with van der Waals surface area (Å²) < 4.78 is 6.16. The van der Waals surface area contributed by atoms with Gasteiger partial charge in [0.2, 0.25) is 5.43 Å². The minimum atomic E-state index is -0.796. The van der Waals surface area contributed by atoms with Gasteiger partial charge in [0.1, 0.15) is 0 Å². The van der Waals surface area contributed by atoms with Crippen LogP contribution in [0.25, 0.3) is 22.8 Å². The molecular formula is C38H45NO4. The third kappa shape index (κ3) is 6.00. The van der Waals surface area contributed by atoms with Gasteiger partial charge in [-0.2, -0.15) is 0 Å². The summed E-state index contributed by atoms with van der Waals surface area (Å²) in [4.78, 5) is 26.3. The van der Waals surface area contributed by atoms with Crippen molar-refractivity contribution in [2.75, 3.05) is 11.4 Å². The molecular weight excluding hydrogens is 534 g/mol. The summed E-state index contributed by atoms with van der Waals surface area (Å²) in [5, 5.41) is 10.1. The molecule has 0 atom stereocenters. The molecule has 226 valence electrons. The van der Waals surface area contributed by atoms with Gasteiger partial charge in [0.25, 0.3) is 5.43 Å². The third-order valence-electron chi connectivity index (χ3n) is 9.26. The van der Waals surface area contributed by atoms with Crippen LogP contribution in [-0.2, 0) is 10.2 Å². The monoisotopic (exact) mass is 579 g/mol. The van der Waals surface area contributed by atoms with Gasteiger partial charge < -0.3 is 14.7 Å². The number of fused-ring (bicyclic) bond motifs is 1. The highest BCUT2D eigenvalue weighted by Crippen LogP contribution is 2.50. The van der Waals surface area contributed by atoms with E-state index >= 15 is 0 Å². The standard InChI is InChI=1S/C38H45NO4/c1-6-9-10-11-22-39-33-21-18-28(23-32(33)38(4,5)34(39)24-31-35(40)37(42)36(31)41)27-14-12-25(13-15-27)26-16-19-30(20-17-26)43-29(7-2)8-3/h12-16,18-19,21,23-24,29,40H,6-11,17,20,22H2,1-5H3/b34-24+. The summed E-state index contributed by atoms with van der Waals surface area (Å²) in [5.74, 6) is 0.664. The van der Waals surface area contributed by atoms with Gasteiger partial charge in [-0.25, -0.2) is 0 Å². The maximum atomic E-state index is 12.3. The quantitative estimate of drug-likeness (QED) is 0.172. The number of unbranched alkanes of at least 4 members (excludes halogenated alkanes) is 3. The Bertz CT molecular complexity index is 1630. The van der Waals surface area contributed by atoms with E-state index in [1.54, 1.807) is 6.08 Å². The lowest BCUT2D eigenvalue weighted by molar-refractivity contribution is 0.103. The average Bonchev–Trinajstić information content (AvgIpc) is 3.25. The molecule has 0 fully saturated rings. The molecule has 2 aliphatic rings. The number of hydrogen-bond acceptors (Lipinski definition) is 5. The first-order valence-electron chi connectivity index (χ1n) is 16.0. The zero-order chi connectivity index (χ0) is 30.7. The lowest BCUT2D eigenvalue weighted by atomic mass is 9.81. The first kappa shape index (κ1) is 30.6. The molecule has 0 spiro atoms. The number of allylic oxidation sites excluding steroid dienone is 5. The fourth-order valence-corrected chi connectivity index (χ4v) is 6.42. The van der Waals surface area contributed by atoms with Gasteiger partial charge in [0.15, 0.2) is 5.75 Å². The highest BCUT2D eigenvalue weighted by atomic mass is 16.5.